The van der Waals surface area contributed by atoms with Crippen LogP contribution in [0.25, 0.3) is 0 Å². The first-order valence-electron chi connectivity index (χ1n) is 11.8. The zero-order valence-corrected chi connectivity index (χ0v) is 19.4. The number of rotatable bonds is 22. The summed E-state index contributed by atoms with van der Waals surface area (Å²) in [5.41, 5.74) is 0. The number of hydrogen-bond acceptors (Lipinski definition) is 5. The summed E-state index contributed by atoms with van der Waals surface area (Å²) in [6.45, 7) is 3.67. The van der Waals surface area contributed by atoms with Crippen LogP contribution in [0, 0.1) is 0 Å². The van der Waals surface area contributed by atoms with Crippen molar-refractivity contribution in [2.75, 3.05) is 40.1 Å². The molecule has 0 aliphatic rings. The molecule has 0 heterocycles. The van der Waals surface area contributed by atoms with Crippen molar-refractivity contribution in [1.82, 2.24) is 5.32 Å². The number of hydrogen-bond donors (Lipinski definition) is 1. The number of esters is 1. The third-order valence-electron chi connectivity index (χ3n) is 4.77. The average molecular weight is 428 g/mol. The van der Waals surface area contributed by atoms with Gasteiger partial charge in [0.05, 0.1) is 19.8 Å². The monoisotopic (exact) mass is 427 g/mol. The van der Waals surface area contributed by atoms with Crippen LogP contribution in [0.3, 0.4) is 0 Å². The smallest absolute Gasteiger partial charge is 0.325 e. The first-order chi connectivity index (χ1) is 14.7. The summed E-state index contributed by atoms with van der Waals surface area (Å²) in [5, 5.41) is 2.61. The molecule has 0 saturated heterocycles. The summed E-state index contributed by atoms with van der Waals surface area (Å²) in [6.07, 6.45) is 19.7. The summed E-state index contributed by atoms with van der Waals surface area (Å²) in [5.74, 6) is -0.530. The molecule has 0 aliphatic heterocycles. The molecule has 1 amide bonds. The molecule has 0 rings (SSSR count). The van der Waals surface area contributed by atoms with E-state index in [2.05, 4.69) is 24.4 Å². The largest absolute Gasteiger partial charge is 0.462 e. The Labute approximate surface area is 184 Å². The van der Waals surface area contributed by atoms with Gasteiger partial charge in [-0.25, -0.2) is 0 Å². The van der Waals surface area contributed by atoms with Gasteiger partial charge in [-0.15, -0.1) is 0 Å². The van der Waals surface area contributed by atoms with Crippen LogP contribution < -0.4 is 5.32 Å². The lowest BCUT2D eigenvalue weighted by Gasteiger charge is -2.07. The van der Waals surface area contributed by atoms with Gasteiger partial charge in [0.2, 0.25) is 5.91 Å². The van der Waals surface area contributed by atoms with E-state index in [-0.39, 0.29) is 19.1 Å². The molecule has 6 nitrogen and oxygen atoms in total. The fraction of sp³-hybridized carbons (Fsp3) is 0.833. The van der Waals surface area contributed by atoms with Crippen LogP contribution in [0.4, 0.5) is 0 Å². The van der Waals surface area contributed by atoms with Crippen molar-refractivity contribution < 1.29 is 23.8 Å². The van der Waals surface area contributed by atoms with Crippen molar-refractivity contribution >= 4 is 11.9 Å². The highest BCUT2D eigenvalue weighted by molar-refractivity contribution is 5.81. The number of carbonyl (C=O) groups excluding carboxylic acids is 2. The number of allylic oxidation sites excluding steroid dienone is 2. The molecule has 176 valence electrons. The molecule has 1 N–H and O–H groups in total. The highest BCUT2D eigenvalue weighted by Crippen LogP contribution is 2.09. The lowest BCUT2D eigenvalue weighted by Crippen LogP contribution is -2.31. The Morgan fingerprint density at radius 2 is 1.37 bits per heavy atom. The third-order valence-corrected chi connectivity index (χ3v) is 4.77. The molecule has 0 atom stereocenters. The Morgan fingerprint density at radius 3 is 2.03 bits per heavy atom. The minimum atomic E-state index is -0.437. The van der Waals surface area contributed by atoms with Crippen LogP contribution in [0.1, 0.15) is 90.4 Å². The fourth-order valence-electron chi connectivity index (χ4n) is 2.95. The molecular formula is C24H45NO5. The first kappa shape index (κ1) is 28.6. The van der Waals surface area contributed by atoms with Crippen molar-refractivity contribution in [3.8, 4) is 0 Å². The Kier molecular flexibility index (Phi) is 22.8. The molecule has 0 aromatic rings. The number of methoxy groups -OCH3 is 1. The fourth-order valence-corrected chi connectivity index (χ4v) is 2.95. The molecule has 0 aromatic heterocycles. The molecular weight excluding hydrogens is 382 g/mol. The van der Waals surface area contributed by atoms with Crippen LogP contribution in [0.5, 0.6) is 0 Å². The van der Waals surface area contributed by atoms with Crippen molar-refractivity contribution in [1.29, 1.82) is 0 Å². The van der Waals surface area contributed by atoms with Gasteiger partial charge in [-0.05, 0) is 32.1 Å². The Bertz CT molecular complexity index is 426. The molecule has 0 aliphatic carbocycles. The van der Waals surface area contributed by atoms with Gasteiger partial charge in [0.25, 0.3) is 0 Å². The minimum Gasteiger partial charge on any atom is -0.462 e. The summed E-state index contributed by atoms with van der Waals surface area (Å²) in [6, 6.07) is 0. The maximum Gasteiger partial charge on any atom is 0.325 e. The zero-order valence-electron chi connectivity index (χ0n) is 19.4. The van der Waals surface area contributed by atoms with Crippen molar-refractivity contribution in [2.24, 2.45) is 0 Å². The van der Waals surface area contributed by atoms with Crippen LogP contribution in [0.15, 0.2) is 12.2 Å². The molecule has 0 unspecified atom stereocenters. The van der Waals surface area contributed by atoms with Crippen LogP contribution in [-0.2, 0) is 23.8 Å². The van der Waals surface area contributed by atoms with Gasteiger partial charge >= 0.3 is 5.97 Å². The third kappa shape index (κ3) is 22.9. The molecule has 0 aromatic carbocycles. The lowest BCUT2D eigenvalue weighted by atomic mass is 10.1. The van der Waals surface area contributed by atoms with Crippen molar-refractivity contribution in [3.05, 3.63) is 12.2 Å². The number of amides is 1. The van der Waals surface area contributed by atoms with Crippen molar-refractivity contribution in [3.63, 3.8) is 0 Å². The maximum atomic E-state index is 11.7. The van der Waals surface area contributed by atoms with E-state index in [0.29, 0.717) is 26.2 Å². The Morgan fingerprint density at radius 1 is 0.767 bits per heavy atom. The van der Waals surface area contributed by atoms with Crippen molar-refractivity contribution in [2.45, 2.75) is 90.4 Å². The normalized spacial score (nSPS) is 11.1. The Hall–Kier alpha value is -1.40. The topological polar surface area (TPSA) is 73.9 Å². The average Bonchev–Trinajstić information content (AvgIpc) is 2.75. The van der Waals surface area contributed by atoms with Crippen LogP contribution in [0.2, 0.25) is 0 Å². The number of unbranched alkanes of at least 4 members (excludes halogenated alkanes) is 10. The first-order valence-corrected chi connectivity index (χ1v) is 11.8. The number of ether oxygens (including phenoxy) is 3. The molecule has 6 heteroatoms. The predicted molar refractivity (Wildman–Crippen MR) is 121 cm³/mol. The van der Waals surface area contributed by atoms with E-state index < -0.39 is 5.97 Å². The van der Waals surface area contributed by atoms with E-state index in [1.54, 1.807) is 7.11 Å². The quantitative estimate of drug-likeness (QED) is 0.150. The zero-order chi connectivity index (χ0) is 22.1. The van der Waals surface area contributed by atoms with E-state index >= 15 is 0 Å². The van der Waals surface area contributed by atoms with Gasteiger partial charge in [0.1, 0.15) is 13.2 Å². The van der Waals surface area contributed by atoms with E-state index in [9.17, 15) is 9.59 Å². The summed E-state index contributed by atoms with van der Waals surface area (Å²) in [7, 11) is 1.60. The summed E-state index contributed by atoms with van der Waals surface area (Å²) in [4.78, 5) is 23.3. The van der Waals surface area contributed by atoms with E-state index in [1.165, 1.54) is 51.4 Å². The SMILES string of the molecule is CCCCCCC/C=C\CCCCCCCC(=O)NCC(=O)OCCOCCOC. The summed E-state index contributed by atoms with van der Waals surface area (Å²) >= 11 is 0. The molecule has 0 bridgehead atoms. The van der Waals surface area contributed by atoms with Crippen LogP contribution in [-0.4, -0.2) is 52.0 Å². The van der Waals surface area contributed by atoms with Gasteiger partial charge in [0, 0.05) is 13.5 Å². The number of nitrogens with one attached hydrogen (secondary N) is 1. The molecule has 30 heavy (non-hydrogen) atoms. The van der Waals surface area contributed by atoms with Gasteiger partial charge in [0.15, 0.2) is 0 Å². The summed E-state index contributed by atoms with van der Waals surface area (Å²) < 4.78 is 15.0. The second-order valence-electron chi connectivity index (χ2n) is 7.58. The highest BCUT2D eigenvalue weighted by atomic mass is 16.6. The Balaban J connectivity index is 3.34. The molecule has 0 fully saturated rings. The van der Waals surface area contributed by atoms with Gasteiger partial charge < -0.3 is 19.5 Å². The van der Waals surface area contributed by atoms with E-state index in [1.807, 2.05) is 0 Å². The second-order valence-corrected chi connectivity index (χ2v) is 7.58. The molecule has 0 saturated carbocycles. The molecule has 0 spiro atoms. The van der Waals surface area contributed by atoms with Gasteiger partial charge in [-0.1, -0.05) is 64.0 Å². The maximum absolute atomic E-state index is 11.7. The van der Waals surface area contributed by atoms with E-state index in [0.717, 1.165) is 25.7 Å². The number of carbonyl (C=O) groups is 2. The van der Waals surface area contributed by atoms with Gasteiger partial charge in [-0.2, -0.15) is 0 Å². The molecule has 0 radical (unpaired) electrons. The van der Waals surface area contributed by atoms with Gasteiger partial charge in [-0.3, -0.25) is 9.59 Å². The predicted octanol–water partition coefficient (Wildman–Crippen LogP) is 4.96. The van der Waals surface area contributed by atoms with Crippen LogP contribution >= 0.6 is 0 Å². The lowest BCUT2D eigenvalue weighted by molar-refractivity contribution is -0.145. The highest BCUT2D eigenvalue weighted by Gasteiger charge is 2.06. The standard InChI is InChI=1S/C24H45NO5/c1-3-4-5-6-7-8-9-10-11-12-13-14-15-16-17-23(26)25-22-24(27)30-21-20-29-19-18-28-2/h9-10H,3-8,11-22H2,1-2H3,(H,25,26)/b10-9-. The minimum absolute atomic E-state index is 0.0815. The van der Waals surface area contributed by atoms with E-state index in [4.69, 9.17) is 14.2 Å². The second kappa shape index (κ2) is 23.9.